The molecule has 13 nitrogen and oxygen atoms in total. The van der Waals surface area contributed by atoms with Crippen molar-refractivity contribution in [2.75, 3.05) is 24.6 Å². The van der Waals surface area contributed by atoms with Crippen LogP contribution in [0.4, 0.5) is 10.5 Å². The van der Waals surface area contributed by atoms with E-state index in [1.807, 2.05) is 0 Å². The molecule has 41 heavy (non-hydrogen) atoms. The molecular weight excluding hydrogens is 530 g/mol. The lowest BCUT2D eigenvalue weighted by molar-refractivity contribution is -0.145. The van der Waals surface area contributed by atoms with Crippen molar-refractivity contribution in [3.8, 4) is 0 Å². The van der Waals surface area contributed by atoms with E-state index in [4.69, 9.17) is 15.9 Å². The monoisotopic (exact) mass is 561 g/mol. The normalized spacial score (nSPS) is 15.3. The predicted molar refractivity (Wildman–Crippen MR) is 151 cm³/mol. The number of amides is 4. The van der Waals surface area contributed by atoms with Gasteiger partial charge in [-0.1, -0.05) is 18.2 Å². The van der Waals surface area contributed by atoms with Crippen molar-refractivity contribution < 1.29 is 28.7 Å². The second-order valence-corrected chi connectivity index (χ2v) is 9.40. The maximum Gasteiger partial charge on any atom is 0.330 e. The summed E-state index contributed by atoms with van der Waals surface area (Å²) >= 11 is 0. The summed E-state index contributed by atoms with van der Waals surface area (Å²) in [6.45, 7) is 3.03. The number of nitrogen functional groups attached to an aromatic ring is 1. The third-order valence-electron chi connectivity index (χ3n) is 6.63. The van der Waals surface area contributed by atoms with Crippen LogP contribution in [-0.4, -0.2) is 72.2 Å². The number of Topliss-reactive ketones (excluding diaryl/α,β-unsaturated/α-hetero) is 1. The molecule has 1 saturated heterocycles. The van der Waals surface area contributed by atoms with Crippen LogP contribution in [0.15, 0.2) is 48.5 Å². The Morgan fingerprint density at radius 3 is 2.51 bits per heavy atom. The number of benzene rings is 2. The van der Waals surface area contributed by atoms with Gasteiger partial charge in [0.15, 0.2) is 5.78 Å². The van der Waals surface area contributed by atoms with E-state index in [2.05, 4.69) is 20.9 Å². The SMILES string of the molecule is CCOC(=O)C(CNC(=O)NC1CCN(c2ccc(C(=N)N)cc2)C1=O)NC(=O)c1[nH]c2ccccc2c1C(C)=O. The summed E-state index contributed by atoms with van der Waals surface area (Å²) in [4.78, 5) is 68.1. The van der Waals surface area contributed by atoms with Crippen LogP contribution in [0, 0.1) is 5.41 Å². The number of anilines is 1. The van der Waals surface area contributed by atoms with Crippen LogP contribution < -0.4 is 26.6 Å². The first-order valence-corrected chi connectivity index (χ1v) is 13.0. The van der Waals surface area contributed by atoms with Crippen LogP contribution in [0.5, 0.6) is 0 Å². The lowest BCUT2D eigenvalue weighted by atomic mass is 10.1. The maximum absolute atomic E-state index is 13.2. The van der Waals surface area contributed by atoms with Crippen molar-refractivity contribution >= 4 is 52.0 Å². The standard InChI is InChI=1S/C28H31N7O6/c1-3-41-27(39)21(33-25(37)23-22(15(2)36)18-6-4-5-7-19(18)32-23)14-31-28(40)34-20-12-13-35(26(20)38)17-10-8-16(9-11-17)24(29)30/h4-11,20-21,32H,3,12-14H2,1-2H3,(H3,29,30)(H,33,37)(H2,31,34,40). The summed E-state index contributed by atoms with van der Waals surface area (Å²) < 4.78 is 5.06. The highest BCUT2D eigenvalue weighted by molar-refractivity contribution is 6.15. The number of rotatable bonds is 10. The number of ketones is 1. The van der Waals surface area contributed by atoms with E-state index in [0.29, 0.717) is 35.1 Å². The second kappa shape index (κ2) is 12.3. The van der Waals surface area contributed by atoms with Gasteiger partial charge in [0.1, 0.15) is 23.6 Å². The minimum atomic E-state index is -1.27. The van der Waals surface area contributed by atoms with Gasteiger partial charge in [0.05, 0.1) is 18.7 Å². The first kappa shape index (κ1) is 28.8. The maximum atomic E-state index is 13.2. The Hall–Kier alpha value is -5.20. The summed E-state index contributed by atoms with van der Waals surface area (Å²) in [5.41, 5.74) is 7.37. The molecule has 13 heteroatoms. The summed E-state index contributed by atoms with van der Waals surface area (Å²) in [6.07, 6.45) is 0.354. The number of hydrogen-bond acceptors (Lipinski definition) is 7. The number of carbonyl (C=O) groups excluding carboxylic acids is 5. The molecule has 2 unspecified atom stereocenters. The van der Waals surface area contributed by atoms with Crippen LogP contribution in [0.2, 0.25) is 0 Å². The lowest BCUT2D eigenvalue weighted by Crippen LogP contribution is -2.53. The van der Waals surface area contributed by atoms with Crippen LogP contribution in [0.25, 0.3) is 10.9 Å². The number of amidine groups is 1. The highest BCUT2D eigenvalue weighted by atomic mass is 16.5. The van der Waals surface area contributed by atoms with Crippen molar-refractivity contribution in [1.82, 2.24) is 20.9 Å². The van der Waals surface area contributed by atoms with E-state index in [1.54, 1.807) is 55.5 Å². The lowest BCUT2D eigenvalue weighted by Gasteiger charge is -2.20. The number of hydrogen-bond donors (Lipinski definition) is 6. The van der Waals surface area contributed by atoms with E-state index in [0.717, 1.165) is 0 Å². The molecule has 3 aromatic rings. The summed E-state index contributed by atoms with van der Waals surface area (Å²) in [7, 11) is 0. The molecular formula is C28H31N7O6. The zero-order chi connectivity index (χ0) is 29.7. The molecule has 1 aliphatic rings. The second-order valence-electron chi connectivity index (χ2n) is 9.40. The minimum absolute atomic E-state index is 0.00886. The Labute approximate surface area is 235 Å². The number of esters is 1. The average molecular weight is 562 g/mol. The third kappa shape index (κ3) is 6.35. The van der Waals surface area contributed by atoms with Gasteiger partial charge in [-0.2, -0.15) is 0 Å². The van der Waals surface area contributed by atoms with Gasteiger partial charge in [-0.3, -0.25) is 19.8 Å². The number of nitrogens with one attached hydrogen (secondary N) is 5. The Bertz CT molecular complexity index is 1510. The smallest absolute Gasteiger partial charge is 0.330 e. The molecule has 214 valence electrons. The van der Waals surface area contributed by atoms with E-state index in [1.165, 1.54) is 11.8 Å². The zero-order valence-corrected chi connectivity index (χ0v) is 22.6. The molecule has 1 fully saturated rings. The summed E-state index contributed by atoms with van der Waals surface area (Å²) in [5.74, 6) is -2.23. The number of aromatic amines is 1. The Morgan fingerprint density at radius 1 is 1.15 bits per heavy atom. The third-order valence-corrected chi connectivity index (χ3v) is 6.63. The van der Waals surface area contributed by atoms with Gasteiger partial charge in [-0.15, -0.1) is 0 Å². The molecule has 2 heterocycles. The molecule has 7 N–H and O–H groups in total. The molecule has 0 bridgehead atoms. The molecule has 0 radical (unpaired) electrons. The topological polar surface area (TPSA) is 200 Å². The van der Waals surface area contributed by atoms with Gasteiger partial charge in [0, 0.05) is 28.7 Å². The van der Waals surface area contributed by atoms with Crippen LogP contribution in [0.1, 0.15) is 46.7 Å². The number of H-pyrrole nitrogens is 1. The fourth-order valence-corrected chi connectivity index (χ4v) is 4.64. The number of para-hydroxylation sites is 1. The number of nitrogens with zero attached hydrogens (tertiary/aromatic N) is 1. The molecule has 4 amide bonds. The Morgan fingerprint density at radius 2 is 1.85 bits per heavy atom. The van der Waals surface area contributed by atoms with Crippen molar-refractivity contribution in [2.24, 2.45) is 5.73 Å². The first-order valence-electron chi connectivity index (χ1n) is 13.0. The highest BCUT2D eigenvalue weighted by Crippen LogP contribution is 2.24. The molecule has 0 aliphatic carbocycles. The Balaban J connectivity index is 1.39. The van der Waals surface area contributed by atoms with E-state index in [9.17, 15) is 24.0 Å². The number of fused-ring (bicyclic) bond motifs is 1. The number of ether oxygens (including phenoxy) is 1. The van der Waals surface area contributed by atoms with Gasteiger partial charge in [0.25, 0.3) is 5.91 Å². The molecule has 0 spiro atoms. The quantitative estimate of drug-likeness (QED) is 0.0930. The Kier molecular flexibility index (Phi) is 8.66. The van der Waals surface area contributed by atoms with Gasteiger partial charge >= 0.3 is 12.0 Å². The summed E-state index contributed by atoms with van der Waals surface area (Å²) in [6, 6.07) is 10.8. The van der Waals surface area contributed by atoms with Gasteiger partial charge in [-0.25, -0.2) is 9.59 Å². The summed E-state index contributed by atoms with van der Waals surface area (Å²) in [5, 5.41) is 15.7. The van der Waals surface area contributed by atoms with E-state index < -0.39 is 30.0 Å². The van der Waals surface area contributed by atoms with Crippen molar-refractivity contribution in [3.05, 3.63) is 65.4 Å². The number of nitrogens with two attached hydrogens (primary N) is 1. The first-order chi connectivity index (χ1) is 19.6. The highest BCUT2D eigenvalue weighted by Gasteiger charge is 2.34. The van der Waals surface area contributed by atoms with Gasteiger partial charge in [-0.05, 0) is 50.6 Å². The van der Waals surface area contributed by atoms with Crippen molar-refractivity contribution in [2.45, 2.75) is 32.4 Å². The molecule has 1 aromatic heterocycles. The van der Waals surface area contributed by atoms with E-state index in [-0.39, 0.29) is 41.9 Å². The number of urea groups is 1. The average Bonchev–Trinajstić information content (AvgIpc) is 3.51. The molecule has 1 aliphatic heterocycles. The molecule has 4 rings (SSSR count). The van der Waals surface area contributed by atoms with Crippen LogP contribution >= 0.6 is 0 Å². The van der Waals surface area contributed by atoms with Gasteiger partial charge < -0.3 is 36.3 Å². The fraction of sp³-hybridized carbons (Fsp3) is 0.286. The molecule has 2 atom stereocenters. The predicted octanol–water partition coefficient (Wildman–Crippen LogP) is 1.42. The fourth-order valence-electron chi connectivity index (χ4n) is 4.64. The number of aromatic nitrogens is 1. The van der Waals surface area contributed by atoms with Crippen molar-refractivity contribution in [1.29, 1.82) is 5.41 Å². The van der Waals surface area contributed by atoms with Crippen LogP contribution in [-0.2, 0) is 14.3 Å². The largest absolute Gasteiger partial charge is 0.464 e. The molecule has 0 saturated carbocycles. The zero-order valence-electron chi connectivity index (χ0n) is 22.6. The van der Waals surface area contributed by atoms with Gasteiger partial charge in [0.2, 0.25) is 5.91 Å². The minimum Gasteiger partial charge on any atom is -0.464 e. The van der Waals surface area contributed by atoms with Crippen LogP contribution in [0.3, 0.4) is 0 Å². The van der Waals surface area contributed by atoms with Crippen molar-refractivity contribution in [3.63, 3.8) is 0 Å². The number of carbonyl (C=O) groups is 5. The molecule has 2 aromatic carbocycles. The van der Waals surface area contributed by atoms with E-state index >= 15 is 0 Å².